The molecule has 2 aliphatic rings. The maximum absolute atomic E-state index is 11.7. The highest BCUT2D eigenvalue weighted by Crippen LogP contribution is 2.28. The van der Waals surface area contributed by atoms with E-state index in [1.807, 2.05) is 22.6 Å². The summed E-state index contributed by atoms with van der Waals surface area (Å²) in [7, 11) is 0. The number of nitrogens with one attached hydrogen (secondary N) is 1. The van der Waals surface area contributed by atoms with Crippen LogP contribution in [0.3, 0.4) is 0 Å². The first-order chi connectivity index (χ1) is 9.08. The van der Waals surface area contributed by atoms with Crippen molar-refractivity contribution in [3.63, 3.8) is 0 Å². The second-order valence-electron chi connectivity index (χ2n) is 4.05. The average molecular weight is 381 g/mol. The summed E-state index contributed by atoms with van der Waals surface area (Å²) in [5.74, 6) is 0. The highest BCUT2D eigenvalue weighted by Gasteiger charge is 2.46. The van der Waals surface area contributed by atoms with Crippen LogP contribution in [0.4, 0.5) is 4.79 Å². The molecule has 1 saturated heterocycles. The van der Waals surface area contributed by atoms with Gasteiger partial charge in [-0.25, -0.2) is 4.79 Å². The molecular weight excluding hydrogens is 369 g/mol. The monoisotopic (exact) mass is 381 g/mol. The molecule has 2 rings (SSSR count). The maximum atomic E-state index is 11.7. The van der Waals surface area contributed by atoms with Gasteiger partial charge in [0.1, 0.15) is 12.3 Å². The number of urea groups is 1. The van der Waals surface area contributed by atoms with Gasteiger partial charge >= 0.3 is 6.03 Å². The number of carbonyl (C=O) groups excluding carboxylic acids is 1. The molecule has 0 spiro atoms. The van der Waals surface area contributed by atoms with Crippen LogP contribution in [0.2, 0.25) is 0 Å². The number of amides is 2. The predicted octanol–water partition coefficient (Wildman–Crippen LogP) is 0.0434. The predicted molar refractivity (Wildman–Crippen MR) is 72.0 cm³/mol. The standard InChI is InChI=1S/C9H12IN5O4/c10-3-4-6(13-14-11)7(17)8(19-4)15-2-1-5(16)12-9(15)18/h1-2,4-8,16-17H,3H2,(H,12,18)/t4-,5?,6?,7-,8-/m1/s1. The summed E-state index contributed by atoms with van der Waals surface area (Å²) in [6.45, 7) is 0. The number of hydrogen-bond donors (Lipinski definition) is 3. The summed E-state index contributed by atoms with van der Waals surface area (Å²) >= 11 is 2.05. The number of alkyl halides is 1. The Morgan fingerprint density at radius 2 is 2.37 bits per heavy atom. The Hall–Kier alpha value is -1.07. The lowest BCUT2D eigenvalue weighted by Crippen LogP contribution is -2.52. The Morgan fingerprint density at radius 1 is 1.63 bits per heavy atom. The number of rotatable bonds is 3. The molecule has 2 aliphatic heterocycles. The zero-order chi connectivity index (χ0) is 14.0. The van der Waals surface area contributed by atoms with E-state index in [2.05, 4.69) is 15.3 Å². The summed E-state index contributed by atoms with van der Waals surface area (Å²) in [6, 6.07) is -1.34. The first kappa shape index (κ1) is 14.3. The highest BCUT2D eigenvalue weighted by atomic mass is 127. The number of aliphatic hydroxyl groups excluding tert-OH is 2. The SMILES string of the molecule is [N-]=[N+]=NC1[C@@H](O)[C@H](N2C=CC(O)NC2=O)O[C@@H]1CI. The molecule has 0 aromatic carbocycles. The normalized spacial score (nSPS) is 37.9. The Kier molecular flexibility index (Phi) is 4.47. The summed E-state index contributed by atoms with van der Waals surface area (Å²) in [5.41, 5.74) is 8.49. The minimum atomic E-state index is -1.12. The lowest BCUT2D eigenvalue weighted by Gasteiger charge is -2.31. The number of ether oxygens (including phenoxy) is 1. The molecule has 2 heterocycles. The van der Waals surface area contributed by atoms with Gasteiger partial charge in [-0.2, -0.15) is 0 Å². The summed E-state index contributed by atoms with van der Waals surface area (Å²) in [6.07, 6.45) is -0.919. The van der Waals surface area contributed by atoms with Crippen LogP contribution in [-0.4, -0.2) is 56.3 Å². The molecule has 19 heavy (non-hydrogen) atoms. The molecule has 3 N–H and O–H groups in total. The van der Waals surface area contributed by atoms with Gasteiger partial charge in [0.05, 0.1) is 12.1 Å². The van der Waals surface area contributed by atoms with Gasteiger partial charge in [-0.3, -0.25) is 4.90 Å². The van der Waals surface area contributed by atoms with E-state index in [0.717, 1.165) is 4.90 Å². The van der Waals surface area contributed by atoms with Gasteiger partial charge in [0, 0.05) is 15.5 Å². The Morgan fingerprint density at radius 3 is 2.95 bits per heavy atom. The van der Waals surface area contributed by atoms with Crippen LogP contribution in [0.1, 0.15) is 0 Å². The van der Waals surface area contributed by atoms with E-state index in [-0.39, 0.29) is 0 Å². The van der Waals surface area contributed by atoms with Crippen LogP contribution in [0.15, 0.2) is 17.4 Å². The van der Waals surface area contributed by atoms with E-state index in [9.17, 15) is 15.0 Å². The molecule has 5 atom stereocenters. The van der Waals surface area contributed by atoms with Gasteiger partial charge in [-0.1, -0.05) is 27.7 Å². The molecular formula is C9H12IN5O4. The van der Waals surface area contributed by atoms with Crippen LogP contribution >= 0.6 is 22.6 Å². The number of azide groups is 1. The Labute approximate surface area is 122 Å². The van der Waals surface area contributed by atoms with Gasteiger partial charge in [0.25, 0.3) is 0 Å². The van der Waals surface area contributed by atoms with E-state index < -0.39 is 36.7 Å². The first-order valence-corrected chi connectivity index (χ1v) is 7.00. The van der Waals surface area contributed by atoms with E-state index in [4.69, 9.17) is 10.3 Å². The largest absolute Gasteiger partial charge is 0.388 e. The van der Waals surface area contributed by atoms with Crippen molar-refractivity contribution in [2.75, 3.05) is 4.43 Å². The molecule has 104 valence electrons. The average Bonchev–Trinajstić information content (AvgIpc) is 2.68. The molecule has 0 radical (unpaired) electrons. The third kappa shape index (κ3) is 2.77. The molecule has 0 aliphatic carbocycles. The molecule has 2 amide bonds. The highest BCUT2D eigenvalue weighted by molar-refractivity contribution is 14.1. The zero-order valence-electron chi connectivity index (χ0n) is 9.63. The number of hydrogen-bond acceptors (Lipinski definition) is 5. The molecule has 0 aromatic rings. The van der Waals surface area contributed by atoms with Crippen molar-refractivity contribution in [1.82, 2.24) is 10.2 Å². The van der Waals surface area contributed by atoms with Crippen LogP contribution in [-0.2, 0) is 4.74 Å². The smallest absolute Gasteiger partial charge is 0.325 e. The molecule has 0 aromatic heterocycles. The third-order valence-electron chi connectivity index (χ3n) is 2.88. The third-order valence-corrected chi connectivity index (χ3v) is 3.75. The number of nitrogens with zero attached hydrogens (tertiary/aromatic N) is 4. The molecule has 1 fully saturated rings. The fourth-order valence-corrected chi connectivity index (χ4v) is 2.71. The number of halogens is 1. The van der Waals surface area contributed by atoms with Crippen LogP contribution in [0, 0.1) is 0 Å². The Balaban J connectivity index is 2.19. The van der Waals surface area contributed by atoms with E-state index in [1.54, 1.807) is 0 Å². The summed E-state index contributed by atoms with van der Waals surface area (Å²) in [5, 5.41) is 25.1. The minimum Gasteiger partial charge on any atom is -0.388 e. The summed E-state index contributed by atoms with van der Waals surface area (Å²) in [4.78, 5) is 15.5. The van der Waals surface area contributed by atoms with E-state index in [0.29, 0.717) is 4.43 Å². The van der Waals surface area contributed by atoms with Crippen molar-refractivity contribution in [2.24, 2.45) is 5.11 Å². The fraction of sp³-hybridized carbons (Fsp3) is 0.667. The topological polar surface area (TPSA) is 131 Å². The van der Waals surface area contributed by atoms with Gasteiger partial charge in [0.15, 0.2) is 6.23 Å². The van der Waals surface area contributed by atoms with Gasteiger partial charge in [-0.05, 0) is 11.6 Å². The quantitative estimate of drug-likeness (QED) is 0.210. The second-order valence-corrected chi connectivity index (χ2v) is 4.93. The number of carbonyl (C=O) groups is 1. The maximum Gasteiger partial charge on any atom is 0.325 e. The minimum absolute atomic E-state index is 0.468. The molecule has 2 unspecified atom stereocenters. The van der Waals surface area contributed by atoms with E-state index in [1.165, 1.54) is 12.3 Å². The van der Waals surface area contributed by atoms with Crippen molar-refractivity contribution in [3.8, 4) is 0 Å². The molecule has 10 heteroatoms. The van der Waals surface area contributed by atoms with Crippen LogP contribution in [0.25, 0.3) is 10.4 Å². The first-order valence-electron chi connectivity index (χ1n) is 5.47. The summed E-state index contributed by atoms with van der Waals surface area (Å²) < 4.78 is 6.05. The van der Waals surface area contributed by atoms with Crippen molar-refractivity contribution in [2.45, 2.75) is 30.7 Å². The van der Waals surface area contributed by atoms with Crippen molar-refractivity contribution < 1.29 is 19.7 Å². The van der Waals surface area contributed by atoms with Gasteiger partial charge in [-0.15, -0.1) is 0 Å². The Bertz CT molecular complexity index is 440. The molecule has 9 nitrogen and oxygen atoms in total. The lowest BCUT2D eigenvalue weighted by molar-refractivity contribution is -0.0506. The van der Waals surface area contributed by atoms with Crippen molar-refractivity contribution >= 4 is 28.6 Å². The van der Waals surface area contributed by atoms with E-state index >= 15 is 0 Å². The number of aliphatic hydroxyl groups is 2. The lowest BCUT2D eigenvalue weighted by atomic mass is 10.1. The van der Waals surface area contributed by atoms with Crippen molar-refractivity contribution in [3.05, 3.63) is 22.7 Å². The van der Waals surface area contributed by atoms with Crippen molar-refractivity contribution in [1.29, 1.82) is 0 Å². The van der Waals surface area contributed by atoms with Crippen LogP contribution < -0.4 is 5.32 Å². The fourth-order valence-electron chi connectivity index (χ4n) is 1.98. The van der Waals surface area contributed by atoms with Crippen LogP contribution in [0.5, 0.6) is 0 Å². The zero-order valence-corrected chi connectivity index (χ0v) is 11.8. The van der Waals surface area contributed by atoms with Gasteiger partial charge < -0.3 is 20.3 Å². The molecule has 0 bridgehead atoms. The van der Waals surface area contributed by atoms with Gasteiger partial charge in [0.2, 0.25) is 0 Å². The molecule has 0 saturated carbocycles. The second kappa shape index (κ2) is 5.92.